The van der Waals surface area contributed by atoms with Crippen molar-refractivity contribution < 1.29 is 9.59 Å². The molecular formula is C23H34N4O2. The predicted octanol–water partition coefficient (Wildman–Crippen LogP) is 4.14. The molecule has 0 unspecified atom stereocenters. The Morgan fingerprint density at radius 2 is 1.76 bits per heavy atom. The lowest BCUT2D eigenvalue weighted by Crippen LogP contribution is -2.23. The third-order valence-corrected chi connectivity index (χ3v) is 4.88. The molecule has 6 heteroatoms. The highest BCUT2D eigenvalue weighted by atomic mass is 16.2. The van der Waals surface area contributed by atoms with Crippen LogP contribution in [0.3, 0.4) is 0 Å². The number of amides is 2. The highest BCUT2D eigenvalue weighted by Crippen LogP contribution is 2.16. The third kappa shape index (κ3) is 7.04. The Hall–Kier alpha value is -2.63. The molecule has 29 heavy (non-hydrogen) atoms. The molecule has 158 valence electrons. The van der Waals surface area contributed by atoms with Gasteiger partial charge in [0.1, 0.15) is 0 Å². The Labute approximate surface area is 174 Å². The van der Waals surface area contributed by atoms with Gasteiger partial charge in [-0.2, -0.15) is 5.10 Å². The van der Waals surface area contributed by atoms with E-state index in [4.69, 9.17) is 0 Å². The van der Waals surface area contributed by atoms with Gasteiger partial charge in [-0.15, -0.1) is 0 Å². The summed E-state index contributed by atoms with van der Waals surface area (Å²) in [6, 6.07) is 7.58. The highest BCUT2D eigenvalue weighted by Gasteiger charge is 2.13. The van der Waals surface area contributed by atoms with Crippen LogP contribution in [0.4, 0.5) is 5.69 Å². The van der Waals surface area contributed by atoms with Gasteiger partial charge in [-0.25, -0.2) is 0 Å². The second-order valence-electron chi connectivity index (χ2n) is 8.00. The van der Waals surface area contributed by atoms with Crippen LogP contribution in [0.15, 0.2) is 24.3 Å². The molecule has 2 aromatic rings. The molecule has 0 spiro atoms. The van der Waals surface area contributed by atoms with Crippen molar-refractivity contribution in [1.82, 2.24) is 15.1 Å². The molecule has 0 bridgehead atoms. The second-order valence-corrected chi connectivity index (χ2v) is 8.00. The van der Waals surface area contributed by atoms with Crippen molar-refractivity contribution >= 4 is 17.5 Å². The fourth-order valence-corrected chi connectivity index (χ4v) is 3.30. The first-order valence-electron chi connectivity index (χ1n) is 10.5. The number of benzene rings is 1. The molecule has 1 aromatic carbocycles. The fraction of sp³-hybridized carbons (Fsp3) is 0.522. The fourth-order valence-electron chi connectivity index (χ4n) is 3.30. The lowest BCUT2D eigenvalue weighted by Gasteiger charge is -2.09. The Morgan fingerprint density at radius 1 is 1.07 bits per heavy atom. The number of anilines is 1. The molecule has 0 saturated carbocycles. The molecular weight excluding hydrogens is 364 g/mol. The maximum atomic E-state index is 12.3. The number of nitrogens with one attached hydrogen (secondary N) is 2. The van der Waals surface area contributed by atoms with Gasteiger partial charge in [-0.1, -0.05) is 32.9 Å². The van der Waals surface area contributed by atoms with E-state index in [1.54, 1.807) is 0 Å². The summed E-state index contributed by atoms with van der Waals surface area (Å²) in [5.41, 5.74) is 5.13. The molecule has 2 amide bonds. The van der Waals surface area contributed by atoms with E-state index in [-0.39, 0.29) is 11.8 Å². The van der Waals surface area contributed by atoms with Crippen molar-refractivity contribution in [2.24, 2.45) is 5.92 Å². The van der Waals surface area contributed by atoms with E-state index in [2.05, 4.69) is 36.5 Å². The van der Waals surface area contributed by atoms with Crippen LogP contribution in [-0.4, -0.2) is 21.6 Å². The van der Waals surface area contributed by atoms with Crippen LogP contribution in [0.25, 0.3) is 0 Å². The van der Waals surface area contributed by atoms with Crippen LogP contribution in [-0.2, 0) is 29.1 Å². The van der Waals surface area contributed by atoms with Crippen molar-refractivity contribution in [1.29, 1.82) is 0 Å². The minimum atomic E-state index is 0.0239. The van der Waals surface area contributed by atoms with Crippen molar-refractivity contribution in [3.63, 3.8) is 0 Å². The zero-order valence-electron chi connectivity index (χ0n) is 18.3. The van der Waals surface area contributed by atoms with Crippen LogP contribution in [0.2, 0.25) is 0 Å². The Kier molecular flexibility index (Phi) is 8.43. The number of hydrogen-bond donors (Lipinski definition) is 2. The monoisotopic (exact) mass is 398 g/mol. The minimum Gasteiger partial charge on any atom is -0.352 e. The molecule has 0 saturated heterocycles. The molecule has 0 atom stereocenters. The molecule has 2 rings (SSSR count). The summed E-state index contributed by atoms with van der Waals surface area (Å²) >= 11 is 0. The van der Waals surface area contributed by atoms with Crippen LogP contribution < -0.4 is 10.6 Å². The molecule has 0 aliphatic rings. The summed E-state index contributed by atoms with van der Waals surface area (Å²) in [6.45, 7) is 11.8. The molecule has 0 fully saturated rings. The van der Waals surface area contributed by atoms with Gasteiger partial charge in [0.15, 0.2) is 0 Å². The van der Waals surface area contributed by atoms with E-state index in [9.17, 15) is 9.59 Å². The van der Waals surface area contributed by atoms with E-state index < -0.39 is 0 Å². The van der Waals surface area contributed by atoms with Gasteiger partial charge in [0.25, 0.3) is 0 Å². The lowest BCUT2D eigenvalue weighted by atomic mass is 10.1. The zero-order valence-corrected chi connectivity index (χ0v) is 18.3. The highest BCUT2D eigenvalue weighted by molar-refractivity contribution is 5.90. The number of carbonyl (C=O) groups excluding carboxylic acids is 2. The van der Waals surface area contributed by atoms with Gasteiger partial charge in [0.2, 0.25) is 11.8 Å². The number of aryl methyl sites for hydroxylation is 1. The largest absolute Gasteiger partial charge is 0.352 e. The molecule has 1 aromatic heterocycles. The van der Waals surface area contributed by atoms with Gasteiger partial charge in [-0.05, 0) is 55.9 Å². The van der Waals surface area contributed by atoms with E-state index in [1.807, 2.05) is 42.8 Å². The molecule has 1 heterocycles. The summed E-state index contributed by atoms with van der Waals surface area (Å²) in [7, 11) is 0. The van der Waals surface area contributed by atoms with Crippen molar-refractivity contribution in [3.05, 3.63) is 46.8 Å². The van der Waals surface area contributed by atoms with Crippen molar-refractivity contribution in [3.8, 4) is 0 Å². The molecule has 0 radical (unpaired) electrons. The standard InChI is InChI=1S/C23H34N4O2/c1-6-7-23(29)25-20-10-8-19(9-11-20)14-24-22(28)13-12-21-17(4)26-27(18(21)5)15-16(2)3/h8-11,16H,6-7,12-15H2,1-5H3,(H,24,28)(H,25,29). The smallest absolute Gasteiger partial charge is 0.224 e. The van der Waals surface area contributed by atoms with E-state index in [0.29, 0.717) is 31.7 Å². The number of nitrogens with zero attached hydrogens (tertiary/aromatic N) is 2. The quantitative estimate of drug-likeness (QED) is 0.631. The Balaban J connectivity index is 1.82. The summed E-state index contributed by atoms with van der Waals surface area (Å²) < 4.78 is 2.05. The normalized spacial score (nSPS) is 11.0. The lowest BCUT2D eigenvalue weighted by molar-refractivity contribution is -0.121. The summed E-state index contributed by atoms with van der Waals surface area (Å²) in [5.74, 6) is 0.590. The maximum absolute atomic E-state index is 12.3. The Bertz CT molecular complexity index is 822. The van der Waals surface area contributed by atoms with Gasteiger partial charge in [-0.3, -0.25) is 14.3 Å². The van der Waals surface area contributed by atoms with Gasteiger partial charge in [0.05, 0.1) is 5.69 Å². The van der Waals surface area contributed by atoms with Gasteiger partial charge >= 0.3 is 0 Å². The molecule has 6 nitrogen and oxygen atoms in total. The molecule has 2 N–H and O–H groups in total. The number of carbonyl (C=O) groups is 2. The number of aromatic nitrogens is 2. The summed E-state index contributed by atoms with van der Waals surface area (Å²) in [4.78, 5) is 23.9. The SMILES string of the molecule is CCCC(=O)Nc1ccc(CNC(=O)CCc2c(C)nn(CC(C)C)c2C)cc1. The van der Waals surface area contributed by atoms with Gasteiger partial charge in [0, 0.05) is 37.3 Å². The first-order chi connectivity index (χ1) is 13.8. The zero-order chi connectivity index (χ0) is 21.4. The molecule has 0 aliphatic heterocycles. The minimum absolute atomic E-state index is 0.0239. The molecule has 0 aliphatic carbocycles. The van der Waals surface area contributed by atoms with Crippen LogP contribution in [0.5, 0.6) is 0 Å². The van der Waals surface area contributed by atoms with Crippen molar-refractivity contribution in [2.75, 3.05) is 5.32 Å². The Morgan fingerprint density at radius 3 is 2.38 bits per heavy atom. The number of rotatable bonds is 10. The van der Waals surface area contributed by atoms with E-state index in [0.717, 1.165) is 35.6 Å². The van der Waals surface area contributed by atoms with Crippen LogP contribution in [0, 0.1) is 19.8 Å². The predicted molar refractivity (Wildman–Crippen MR) is 117 cm³/mol. The van der Waals surface area contributed by atoms with E-state index in [1.165, 1.54) is 5.56 Å². The third-order valence-electron chi connectivity index (χ3n) is 4.88. The number of hydrogen-bond acceptors (Lipinski definition) is 3. The van der Waals surface area contributed by atoms with Gasteiger partial charge < -0.3 is 10.6 Å². The summed E-state index contributed by atoms with van der Waals surface area (Å²) in [5, 5.41) is 10.5. The average molecular weight is 399 g/mol. The second kappa shape index (κ2) is 10.8. The van der Waals surface area contributed by atoms with Crippen LogP contribution >= 0.6 is 0 Å². The summed E-state index contributed by atoms with van der Waals surface area (Å²) in [6.07, 6.45) is 2.49. The average Bonchev–Trinajstić information content (AvgIpc) is 2.92. The van der Waals surface area contributed by atoms with Crippen molar-refractivity contribution in [2.45, 2.75) is 73.4 Å². The topological polar surface area (TPSA) is 76.0 Å². The van der Waals surface area contributed by atoms with Crippen LogP contribution in [0.1, 0.15) is 62.5 Å². The maximum Gasteiger partial charge on any atom is 0.224 e. The first kappa shape index (κ1) is 22.7. The van der Waals surface area contributed by atoms with E-state index >= 15 is 0 Å². The first-order valence-corrected chi connectivity index (χ1v) is 10.5.